The highest BCUT2D eigenvalue weighted by molar-refractivity contribution is 7.99. The van der Waals surface area contributed by atoms with Crippen LogP contribution in [-0.4, -0.2) is 21.9 Å². The molecule has 14 heavy (non-hydrogen) atoms. The molecule has 0 radical (unpaired) electrons. The second-order valence-corrected chi connectivity index (χ2v) is 5.15. The van der Waals surface area contributed by atoms with Crippen LogP contribution in [0.5, 0.6) is 0 Å². The summed E-state index contributed by atoms with van der Waals surface area (Å²) in [5.41, 5.74) is 0. The van der Waals surface area contributed by atoms with Crippen LogP contribution in [0.2, 0.25) is 0 Å². The summed E-state index contributed by atoms with van der Waals surface area (Å²) in [4.78, 5) is 0. The van der Waals surface area contributed by atoms with Crippen LogP contribution in [0.4, 0.5) is 0 Å². The lowest BCUT2D eigenvalue weighted by molar-refractivity contribution is 0.665. The van der Waals surface area contributed by atoms with Crippen LogP contribution in [0.15, 0.2) is 24.8 Å². The first-order valence-corrected chi connectivity index (χ1v) is 6.21. The van der Waals surface area contributed by atoms with Gasteiger partial charge in [0.15, 0.2) is 0 Å². The van der Waals surface area contributed by atoms with E-state index in [1.54, 1.807) is 18.2 Å². The SMILES string of the molecule is C#C/C=C/CC(C=C)S(=C)(=O)NCC. The van der Waals surface area contributed by atoms with Gasteiger partial charge in [-0.05, 0) is 18.4 Å². The minimum atomic E-state index is -2.29. The van der Waals surface area contributed by atoms with E-state index >= 15 is 0 Å². The molecule has 78 valence electrons. The summed E-state index contributed by atoms with van der Waals surface area (Å²) >= 11 is 0. The summed E-state index contributed by atoms with van der Waals surface area (Å²) in [6.45, 7) is 6.17. The van der Waals surface area contributed by atoms with Crippen LogP contribution in [0.3, 0.4) is 0 Å². The van der Waals surface area contributed by atoms with E-state index in [1.165, 1.54) is 0 Å². The molecule has 0 saturated carbocycles. The molecule has 0 aromatic rings. The number of rotatable bonds is 6. The van der Waals surface area contributed by atoms with Gasteiger partial charge in [-0.2, -0.15) is 0 Å². The van der Waals surface area contributed by atoms with E-state index in [9.17, 15) is 4.21 Å². The van der Waals surface area contributed by atoms with Crippen LogP contribution < -0.4 is 4.72 Å². The first-order valence-electron chi connectivity index (χ1n) is 4.42. The Balaban J connectivity index is 4.50. The molecule has 2 atom stereocenters. The van der Waals surface area contributed by atoms with Crippen LogP contribution in [0.1, 0.15) is 13.3 Å². The normalized spacial score (nSPS) is 17.1. The maximum Gasteiger partial charge on any atom is 0.0613 e. The molecule has 2 nitrogen and oxygen atoms in total. The molecular weight excluding hydrogens is 194 g/mol. The van der Waals surface area contributed by atoms with E-state index in [2.05, 4.69) is 23.1 Å². The Morgan fingerprint density at radius 3 is 2.79 bits per heavy atom. The Hall–Kier alpha value is -0.980. The lowest BCUT2D eigenvalue weighted by atomic mass is 10.3. The van der Waals surface area contributed by atoms with Crippen molar-refractivity contribution in [2.24, 2.45) is 0 Å². The molecule has 0 amide bonds. The Labute approximate surface area is 87.2 Å². The summed E-state index contributed by atoms with van der Waals surface area (Å²) < 4.78 is 14.8. The van der Waals surface area contributed by atoms with Crippen LogP contribution in [-0.2, 0) is 9.71 Å². The topological polar surface area (TPSA) is 29.1 Å². The van der Waals surface area contributed by atoms with Gasteiger partial charge >= 0.3 is 0 Å². The highest BCUT2D eigenvalue weighted by Crippen LogP contribution is 2.06. The molecule has 3 heteroatoms. The molecule has 0 spiro atoms. The smallest absolute Gasteiger partial charge is 0.0613 e. The zero-order valence-electron chi connectivity index (χ0n) is 8.53. The lowest BCUT2D eigenvalue weighted by Crippen LogP contribution is -2.32. The second kappa shape index (κ2) is 6.47. The van der Waals surface area contributed by atoms with Gasteiger partial charge in [-0.1, -0.05) is 25.0 Å². The zero-order chi connectivity index (χ0) is 11.0. The highest BCUT2D eigenvalue weighted by Gasteiger charge is 2.13. The summed E-state index contributed by atoms with van der Waals surface area (Å²) in [5, 5.41) is -0.174. The van der Waals surface area contributed by atoms with Crippen molar-refractivity contribution >= 4 is 15.6 Å². The molecule has 0 aromatic heterocycles. The molecule has 0 fully saturated rings. The van der Waals surface area contributed by atoms with Crippen LogP contribution in [0.25, 0.3) is 0 Å². The summed E-state index contributed by atoms with van der Waals surface area (Å²) in [5.74, 6) is 6.05. The van der Waals surface area contributed by atoms with Gasteiger partial charge in [0.25, 0.3) is 0 Å². The molecule has 1 N–H and O–H groups in total. The van der Waals surface area contributed by atoms with Gasteiger partial charge < -0.3 is 0 Å². The van der Waals surface area contributed by atoms with E-state index in [0.29, 0.717) is 13.0 Å². The van der Waals surface area contributed by atoms with Crippen LogP contribution >= 0.6 is 0 Å². The molecule has 2 unspecified atom stereocenters. The molecule has 0 heterocycles. The summed E-state index contributed by atoms with van der Waals surface area (Å²) in [6.07, 6.45) is 10.7. The Bertz CT molecular complexity index is 333. The van der Waals surface area contributed by atoms with Gasteiger partial charge in [0.2, 0.25) is 0 Å². The van der Waals surface area contributed by atoms with Gasteiger partial charge in [0.1, 0.15) is 0 Å². The third kappa shape index (κ3) is 4.31. The van der Waals surface area contributed by atoms with Crippen molar-refractivity contribution in [3.05, 3.63) is 24.8 Å². The van der Waals surface area contributed by atoms with Crippen molar-refractivity contribution in [2.45, 2.75) is 18.6 Å². The Morgan fingerprint density at radius 1 is 1.71 bits per heavy atom. The largest absolute Gasteiger partial charge is 0.252 e. The minimum Gasteiger partial charge on any atom is -0.252 e. The number of terminal acetylenes is 1. The van der Waals surface area contributed by atoms with Crippen molar-refractivity contribution in [2.75, 3.05) is 6.54 Å². The zero-order valence-corrected chi connectivity index (χ0v) is 9.35. The van der Waals surface area contributed by atoms with Gasteiger partial charge in [-0.15, -0.1) is 13.0 Å². The van der Waals surface area contributed by atoms with E-state index < -0.39 is 9.71 Å². The maximum absolute atomic E-state index is 11.9. The first kappa shape index (κ1) is 13.0. The number of hydrogen-bond acceptors (Lipinski definition) is 1. The van der Waals surface area contributed by atoms with Gasteiger partial charge in [-0.3, -0.25) is 4.21 Å². The van der Waals surface area contributed by atoms with Crippen molar-refractivity contribution in [1.29, 1.82) is 0 Å². The quantitative estimate of drug-likeness (QED) is 0.401. The minimum absolute atomic E-state index is 0.174. The standard InChI is InChI=1S/C11H17NOS/c1-5-8-9-10-11(6-2)14(4,13)12-7-3/h1,6,8-9,11H,2,4,7,10H2,3H3,(H,12,13)/b9-8+. The average Bonchev–Trinajstić information content (AvgIpc) is 2.12. The van der Waals surface area contributed by atoms with E-state index in [1.807, 2.05) is 6.92 Å². The first-order chi connectivity index (χ1) is 6.58. The van der Waals surface area contributed by atoms with Crippen molar-refractivity contribution in [3.8, 4) is 12.3 Å². The molecule has 0 saturated heterocycles. The van der Waals surface area contributed by atoms with E-state index in [4.69, 9.17) is 6.42 Å². The van der Waals surface area contributed by atoms with E-state index in [0.717, 1.165) is 0 Å². The Morgan fingerprint density at radius 2 is 2.36 bits per heavy atom. The van der Waals surface area contributed by atoms with E-state index in [-0.39, 0.29) is 5.25 Å². The summed E-state index contributed by atoms with van der Waals surface area (Å²) in [6, 6.07) is 0. The summed E-state index contributed by atoms with van der Waals surface area (Å²) in [7, 11) is -2.29. The predicted molar refractivity (Wildman–Crippen MR) is 65.5 cm³/mol. The third-order valence-corrected chi connectivity index (χ3v) is 3.86. The van der Waals surface area contributed by atoms with Crippen molar-refractivity contribution in [3.63, 3.8) is 0 Å². The lowest BCUT2D eigenvalue weighted by Gasteiger charge is -2.16. The molecule has 0 bridgehead atoms. The molecule has 0 aliphatic carbocycles. The fourth-order valence-electron chi connectivity index (χ4n) is 1.03. The number of allylic oxidation sites excluding steroid dienone is 2. The fraction of sp³-hybridized carbons (Fsp3) is 0.364. The highest BCUT2D eigenvalue weighted by atomic mass is 32.2. The predicted octanol–water partition coefficient (Wildman–Crippen LogP) is 1.36. The van der Waals surface area contributed by atoms with Crippen molar-refractivity contribution in [1.82, 2.24) is 4.72 Å². The van der Waals surface area contributed by atoms with Gasteiger partial charge in [0.05, 0.1) is 5.25 Å². The fourth-order valence-corrected chi connectivity index (χ4v) is 2.46. The molecule has 0 rings (SSSR count). The second-order valence-electron chi connectivity index (χ2n) is 2.80. The number of hydrogen-bond donors (Lipinski definition) is 1. The molecule has 0 aliphatic heterocycles. The van der Waals surface area contributed by atoms with Gasteiger partial charge in [-0.25, -0.2) is 4.72 Å². The third-order valence-electron chi connectivity index (χ3n) is 1.72. The van der Waals surface area contributed by atoms with Crippen LogP contribution in [0, 0.1) is 12.3 Å². The van der Waals surface area contributed by atoms with Crippen molar-refractivity contribution < 1.29 is 4.21 Å². The monoisotopic (exact) mass is 211 g/mol. The molecule has 0 aromatic carbocycles. The average molecular weight is 211 g/mol. The molecular formula is C11H17NOS. The number of nitrogens with one attached hydrogen (secondary N) is 1. The maximum atomic E-state index is 11.9. The molecule has 0 aliphatic rings. The Kier molecular flexibility index (Phi) is 6.02. The van der Waals surface area contributed by atoms with Gasteiger partial charge in [0, 0.05) is 16.3 Å².